The molecule has 0 aliphatic carbocycles. The summed E-state index contributed by atoms with van der Waals surface area (Å²) in [7, 11) is 1.57. The number of aromatic amines is 1. The van der Waals surface area contributed by atoms with Gasteiger partial charge in [0.15, 0.2) is 0 Å². The van der Waals surface area contributed by atoms with Gasteiger partial charge in [-0.25, -0.2) is 9.07 Å². The van der Waals surface area contributed by atoms with Gasteiger partial charge in [-0.3, -0.25) is 25.0 Å². The Morgan fingerprint density at radius 1 is 1.06 bits per heavy atom. The highest BCUT2D eigenvalue weighted by Gasteiger charge is 2.20. The van der Waals surface area contributed by atoms with Crippen LogP contribution < -0.4 is 10.3 Å². The summed E-state index contributed by atoms with van der Waals surface area (Å²) >= 11 is 0. The average molecular weight is 474 g/mol. The molecule has 0 radical (unpaired) electrons. The van der Waals surface area contributed by atoms with Crippen molar-refractivity contribution in [2.24, 2.45) is 4.99 Å². The molecule has 0 fully saturated rings. The molecule has 0 bridgehead atoms. The lowest BCUT2D eigenvalue weighted by Gasteiger charge is -2.05. The van der Waals surface area contributed by atoms with Crippen molar-refractivity contribution in [1.82, 2.24) is 9.78 Å². The first kappa shape index (κ1) is 23.6. The molecule has 0 saturated heterocycles. The van der Waals surface area contributed by atoms with Crippen LogP contribution >= 0.6 is 0 Å². The second kappa shape index (κ2) is 10.2. The van der Waals surface area contributed by atoms with E-state index in [2.05, 4.69) is 10.1 Å². The van der Waals surface area contributed by atoms with Crippen LogP contribution in [0.15, 0.2) is 82.6 Å². The third-order valence-electron chi connectivity index (χ3n) is 5.61. The zero-order valence-electron chi connectivity index (χ0n) is 19.2. The number of ether oxygens (including phenoxy) is 1. The molecule has 0 amide bonds. The minimum atomic E-state index is -0.493. The Hall–Kier alpha value is -4.53. The van der Waals surface area contributed by atoms with Gasteiger partial charge in [0.2, 0.25) is 0 Å². The van der Waals surface area contributed by atoms with E-state index < -0.39 is 4.92 Å². The molecule has 1 heterocycles. The standard InChI is InChI=1S/C26H23FN4O4/c1-17(28-16-15-18-3-7-20(27)8-4-18)24-25(19-5-13-23(35-2)14-6-19)29-30(26(24)32)21-9-11-22(12-10-21)31(33)34/h3-14,29H,15-16H2,1-2H3. The van der Waals surface area contributed by atoms with Gasteiger partial charge in [-0.2, -0.15) is 0 Å². The Bertz CT molecular complexity index is 1420. The van der Waals surface area contributed by atoms with Crippen LogP contribution in [0.5, 0.6) is 5.75 Å². The SMILES string of the molecule is COc1ccc(-c2[nH]n(-c3ccc([N+](=O)[O-])cc3)c(=O)c2C(C)=NCCc2ccc(F)cc2)cc1. The summed E-state index contributed by atoms with van der Waals surface area (Å²) in [5.41, 5.74) is 3.27. The quantitative estimate of drug-likeness (QED) is 0.222. The molecule has 4 aromatic rings. The first-order chi connectivity index (χ1) is 16.9. The van der Waals surface area contributed by atoms with E-state index in [1.165, 1.54) is 41.1 Å². The van der Waals surface area contributed by atoms with Gasteiger partial charge in [0.1, 0.15) is 11.6 Å². The molecular weight excluding hydrogens is 451 g/mol. The van der Waals surface area contributed by atoms with Crippen LogP contribution in [0.4, 0.5) is 10.1 Å². The highest BCUT2D eigenvalue weighted by Crippen LogP contribution is 2.25. The fourth-order valence-corrected chi connectivity index (χ4v) is 3.73. The third-order valence-corrected chi connectivity index (χ3v) is 5.61. The van der Waals surface area contributed by atoms with E-state index in [1.54, 1.807) is 38.3 Å². The van der Waals surface area contributed by atoms with E-state index in [4.69, 9.17) is 4.74 Å². The van der Waals surface area contributed by atoms with Gasteiger partial charge < -0.3 is 4.74 Å². The molecule has 0 saturated carbocycles. The average Bonchev–Trinajstić information content (AvgIpc) is 3.22. The Labute approximate surface area is 200 Å². The van der Waals surface area contributed by atoms with Crippen LogP contribution in [0.1, 0.15) is 18.1 Å². The first-order valence-corrected chi connectivity index (χ1v) is 10.9. The van der Waals surface area contributed by atoms with Crippen molar-refractivity contribution < 1.29 is 14.1 Å². The fraction of sp³-hybridized carbons (Fsp3) is 0.154. The number of methoxy groups -OCH3 is 1. The number of aromatic nitrogens is 2. The number of hydrogen-bond donors (Lipinski definition) is 1. The van der Waals surface area contributed by atoms with Crippen molar-refractivity contribution in [2.45, 2.75) is 13.3 Å². The van der Waals surface area contributed by atoms with Crippen LogP contribution in [0.2, 0.25) is 0 Å². The van der Waals surface area contributed by atoms with Crippen molar-refractivity contribution in [3.8, 4) is 22.7 Å². The number of nitrogens with zero attached hydrogens (tertiary/aromatic N) is 3. The Balaban J connectivity index is 1.73. The first-order valence-electron chi connectivity index (χ1n) is 10.9. The van der Waals surface area contributed by atoms with Crippen LogP contribution in [0, 0.1) is 15.9 Å². The summed E-state index contributed by atoms with van der Waals surface area (Å²) in [6.45, 7) is 2.18. The number of nitro benzene ring substituents is 1. The third kappa shape index (κ3) is 5.19. The zero-order valence-corrected chi connectivity index (χ0v) is 19.2. The summed E-state index contributed by atoms with van der Waals surface area (Å²) in [4.78, 5) is 28.6. The summed E-state index contributed by atoms with van der Waals surface area (Å²) in [6.07, 6.45) is 0.594. The molecule has 0 atom stereocenters. The molecule has 0 unspecified atom stereocenters. The normalized spacial score (nSPS) is 11.5. The van der Waals surface area contributed by atoms with Crippen LogP contribution in [-0.4, -0.2) is 34.1 Å². The molecule has 1 aromatic heterocycles. The number of rotatable bonds is 8. The number of nitro groups is 1. The van der Waals surface area contributed by atoms with Crippen LogP contribution in [0.25, 0.3) is 16.9 Å². The van der Waals surface area contributed by atoms with Crippen molar-refractivity contribution in [1.29, 1.82) is 0 Å². The van der Waals surface area contributed by atoms with Crippen LogP contribution in [-0.2, 0) is 6.42 Å². The Morgan fingerprint density at radius 2 is 1.71 bits per heavy atom. The predicted molar refractivity (Wildman–Crippen MR) is 132 cm³/mol. The van der Waals surface area contributed by atoms with Gasteiger partial charge in [-0.15, -0.1) is 0 Å². The molecule has 178 valence electrons. The maximum Gasteiger partial charge on any atom is 0.280 e. The summed E-state index contributed by atoms with van der Waals surface area (Å²) in [5.74, 6) is 0.383. The highest BCUT2D eigenvalue weighted by molar-refractivity contribution is 6.03. The molecule has 1 N–H and O–H groups in total. The van der Waals surface area contributed by atoms with Crippen molar-refractivity contribution in [2.75, 3.05) is 13.7 Å². The van der Waals surface area contributed by atoms with Crippen LogP contribution in [0.3, 0.4) is 0 Å². The second-order valence-electron chi connectivity index (χ2n) is 7.85. The Morgan fingerprint density at radius 3 is 2.31 bits per heavy atom. The molecule has 9 heteroatoms. The van der Waals surface area contributed by atoms with E-state index in [-0.39, 0.29) is 17.1 Å². The maximum atomic E-state index is 13.5. The van der Waals surface area contributed by atoms with Gasteiger partial charge in [-0.05, 0) is 67.4 Å². The second-order valence-corrected chi connectivity index (χ2v) is 7.85. The lowest BCUT2D eigenvalue weighted by atomic mass is 10.0. The molecular formula is C26H23FN4O4. The summed E-state index contributed by atoms with van der Waals surface area (Å²) in [5, 5.41) is 14.1. The topological polar surface area (TPSA) is 103 Å². The van der Waals surface area contributed by atoms with Gasteiger partial charge in [0, 0.05) is 30.0 Å². The van der Waals surface area contributed by atoms with E-state index in [0.717, 1.165) is 11.1 Å². The minimum absolute atomic E-state index is 0.0671. The lowest BCUT2D eigenvalue weighted by Crippen LogP contribution is -2.20. The van der Waals surface area contributed by atoms with Gasteiger partial charge in [0.25, 0.3) is 11.2 Å². The predicted octanol–water partition coefficient (Wildman–Crippen LogP) is 4.94. The molecule has 0 spiro atoms. The molecule has 8 nitrogen and oxygen atoms in total. The number of aliphatic imine (C=N–C) groups is 1. The smallest absolute Gasteiger partial charge is 0.280 e. The van der Waals surface area contributed by atoms with Gasteiger partial charge >= 0.3 is 0 Å². The number of nitrogens with one attached hydrogen (secondary N) is 1. The summed E-state index contributed by atoms with van der Waals surface area (Å²) < 4.78 is 19.7. The van der Waals surface area contributed by atoms with E-state index in [1.807, 2.05) is 12.1 Å². The van der Waals surface area contributed by atoms with E-state index >= 15 is 0 Å². The number of halogens is 1. The highest BCUT2D eigenvalue weighted by atomic mass is 19.1. The Kier molecular flexibility index (Phi) is 6.86. The number of H-pyrrole nitrogens is 1. The van der Waals surface area contributed by atoms with E-state index in [0.29, 0.717) is 41.4 Å². The molecule has 0 aliphatic heterocycles. The van der Waals surface area contributed by atoms with E-state index in [9.17, 15) is 19.3 Å². The van der Waals surface area contributed by atoms with Crippen molar-refractivity contribution in [3.63, 3.8) is 0 Å². The fourth-order valence-electron chi connectivity index (χ4n) is 3.73. The molecule has 35 heavy (non-hydrogen) atoms. The molecule has 4 rings (SSSR count). The molecule has 3 aromatic carbocycles. The number of benzene rings is 3. The zero-order chi connectivity index (χ0) is 24.9. The van der Waals surface area contributed by atoms with Gasteiger partial charge in [-0.1, -0.05) is 12.1 Å². The maximum absolute atomic E-state index is 13.5. The number of hydrogen-bond acceptors (Lipinski definition) is 5. The summed E-state index contributed by atoms with van der Waals surface area (Å²) in [6, 6.07) is 19.2. The van der Waals surface area contributed by atoms with Crippen molar-refractivity contribution in [3.05, 3.63) is 110 Å². The van der Waals surface area contributed by atoms with Crippen molar-refractivity contribution >= 4 is 11.4 Å². The van der Waals surface area contributed by atoms with Gasteiger partial charge in [0.05, 0.1) is 29.0 Å². The molecule has 0 aliphatic rings. The largest absolute Gasteiger partial charge is 0.497 e. The minimum Gasteiger partial charge on any atom is -0.497 e. The lowest BCUT2D eigenvalue weighted by molar-refractivity contribution is -0.384. The number of non-ortho nitro benzene ring substituents is 1. The monoisotopic (exact) mass is 474 g/mol.